The zero-order valence-electron chi connectivity index (χ0n) is 17.1. The quantitative estimate of drug-likeness (QED) is 0.666. The van der Waals surface area contributed by atoms with Gasteiger partial charge in [0.25, 0.3) is 0 Å². The Morgan fingerprint density at radius 3 is 2.55 bits per heavy atom. The molecule has 0 spiro atoms. The Morgan fingerprint density at radius 1 is 1.19 bits per heavy atom. The summed E-state index contributed by atoms with van der Waals surface area (Å²) in [7, 11) is -3.83. The van der Waals surface area contributed by atoms with E-state index in [9.17, 15) is 22.4 Å². The van der Waals surface area contributed by atoms with Crippen molar-refractivity contribution in [1.82, 2.24) is 19.9 Å². The van der Waals surface area contributed by atoms with Crippen molar-refractivity contribution in [3.05, 3.63) is 60.2 Å². The number of nitrogens with zero attached hydrogens (tertiary/aromatic N) is 2. The number of amides is 2. The number of rotatable bonds is 7. The van der Waals surface area contributed by atoms with Gasteiger partial charge in [-0.25, -0.2) is 12.8 Å². The van der Waals surface area contributed by atoms with Crippen molar-refractivity contribution in [2.45, 2.75) is 37.2 Å². The van der Waals surface area contributed by atoms with Crippen LogP contribution in [-0.2, 0) is 26.2 Å². The molecule has 1 aliphatic heterocycles. The fourth-order valence-electron chi connectivity index (χ4n) is 3.37. The van der Waals surface area contributed by atoms with Gasteiger partial charge in [-0.1, -0.05) is 0 Å². The lowest BCUT2D eigenvalue weighted by Gasteiger charge is -2.31. The predicted octanol–water partition coefficient (Wildman–Crippen LogP) is 1.44. The second-order valence-corrected chi connectivity index (χ2v) is 9.40. The lowest BCUT2D eigenvalue weighted by Crippen LogP contribution is -2.50. The molecule has 3 rings (SSSR count). The third kappa shape index (κ3) is 5.86. The predicted molar refractivity (Wildman–Crippen MR) is 112 cm³/mol. The lowest BCUT2D eigenvalue weighted by molar-refractivity contribution is -0.131. The Hall–Kier alpha value is -2.85. The van der Waals surface area contributed by atoms with Gasteiger partial charge in [0.05, 0.1) is 10.8 Å². The second kappa shape index (κ2) is 9.97. The smallest absolute Gasteiger partial charge is 0.243 e. The SMILES string of the molecule is C[C@H](NC(=O)[C@H]1CCCN(S(=O)(=O)c2ccc(F)cc2)C1)C(=O)NCc1ccncc1. The minimum Gasteiger partial charge on any atom is -0.350 e. The topological polar surface area (TPSA) is 108 Å². The largest absolute Gasteiger partial charge is 0.350 e. The van der Waals surface area contributed by atoms with Crippen molar-refractivity contribution in [3.63, 3.8) is 0 Å². The molecule has 8 nitrogen and oxygen atoms in total. The molecule has 2 amide bonds. The van der Waals surface area contributed by atoms with Gasteiger partial charge in [0.2, 0.25) is 21.8 Å². The van der Waals surface area contributed by atoms with Gasteiger partial charge in [-0.2, -0.15) is 4.31 Å². The Kier molecular flexibility index (Phi) is 7.34. The fraction of sp³-hybridized carbons (Fsp3) is 0.381. The van der Waals surface area contributed by atoms with Gasteiger partial charge in [-0.15, -0.1) is 0 Å². The zero-order valence-corrected chi connectivity index (χ0v) is 17.9. The highest BCUT2D eigenvalue weighted by atomic mass is 32.2. The van der Waals surface area contributed by atoms with E-state index in [0.717, 1.165) is 17.7 Å². The molecule has 1 aromatic heterocycles. The summed E-state index contributed by atoms with van der Waals surface area (Å²) < 4.78 is 40.0. The maximum atomic E-state index is 13.1. The molecule has 166 valence electrons. The van der Waals surface area contributed by atoms with E-state index >= 15 is 0 Å². The van der Waals surface area contributed by atoms with E-state index in [1.165, 1.54) is 16.4 Å². The van der Waals surface area contributed by atoms with E-state index < -0.39 is 27.8 Å². The van der Waals surface area contributed by atoms with E-state index in [-0.39, 0.29) is 29.8 Å². The van der Waals surface area contributed by atoms with Crippen molar-refractivity contribution >= 4 is 21.8 Å². The van der Waals surface area contributed by atoms with Crippen LogP contribution in [0.15, 0.2) is 53.7 Å². The number of carbonyl (C=O) groups is 2. The van der Waals surface area contributed by atoms with Crippen LogP contribution in [0.1, 0.15) is 25.3 Å². The first kappa shape index (κ1) is 22.8. The first-order valence-electron chi connectivity index (χ1n) is 10.00. The molecule has 1 aliphatic rings. The fourth-order valence-corrected chi connectivity index (χ4v) is 4.89. The van der Waals surface area contributed by atoms with Crippen LogP contribution in [0.25, 0.3) is 0 Å². The molecular weight excluding hydrogens is 423 g/mol. The molecule has 31 heavy (non-hydrogen) atoms. The number of benzene rings is 1. The van der Waals surface area contributed by atoms with E-state index in [0.29, 0.717) is 19.4 Å². The van der Waals surface area contributed by atoms with Crippen molar-refractivity contribution in [3.8, 4) is 0 Å². The Balaban J connectivity index is 1.56. The number of hydrogen-bond acceptors (Lipinski definition) is 5. The van der Waals surface area contributed by atoms with E-state index in [4.69, 9.17) is 0 Å². The maximum absolute atomic E-state index is 13.1. The molecule has 0 radical (unpaired) electrons. The Labute approximate surface area is 180 Å². The van der Waals surface area contributed by atoms with E-state index in [2.05, 4.69) is 15.6 Å². The van der Waals surface area contributed by atoms with Gasteiger partial charge >= 0.3 is 0 Å². The zero-order chi connectivity index (χ0) is 22.4. The summed E-state index contributed by atoms with van der Waals surface area (Å²) in [4.78, 5) is 28.9. The number of sulfonamides is 1. The molecule has 10 heteroatoms. The summed E-state index contributed by atoms with van der Waals surface area (Å²) >= 11 is 0. The molecule has 2 N–H and O–H groups in total. The van der Waals surface area contributed by atoms with Crippen LogP contribution in [-0.4, -0.2) is 48.7 Å². The molecule has 2 aromatic rings. The van der Waals surface area contributed by atoms with Crippen LogP contribution in [0, 0.1) is 11.7 Å². The van der Waals surface area contributed by atoms with Crippen molar-refractivity contribution in [2.75, 3.05) is 13.1 Å². The first-order chi connectivity index (χ1) is 14.8. The Bertz CT molecular complexity index is 1020. The highest BCUT2D eigenvalue weighted by Crippen LogP contribution is 2.24. The highest BCUT2D eigenvalue weighted by molar-refractivity contribution is 7.89. The van der Waals surface area contributed by atoms with Gasteiger partial charge in [0.15, 0.2) is 0 Å². The molecule has 0 unspecified atom stereocenters. The maximum Gasteiger partial charge on any atom is 0.243 e. The standard InChI is InChI=1S/C21H25FN4O4S/c1-15(20(27)24-13-16-8-10-23-11-9-16)25-21(28)17-3-2-12-26(14-17)31(29,30)19-6-4-18(22)5-7-19/h4-11,15,17H,2-3,12-14H2,1H3,(H,24,27)(H,25,28)/t15-,17-/m0/s1. The lowest BCUT2D eigenvalue weighted by atomic mass is 9.98. The summed E-state index contributed by atoms with van der Waals surface area (Å²) in [6.45, 7) is 2.19. The monoisotopic (exact) mass is 448 g/mol. The highest BCUT2D eigenvalue weighted by Gasteiger charge is 2.34. The molecule has 0 aliphatic carbocycles. The molecule has 1 aromatic carbocycles. The molecule has 2 heterocycles. The van der Waals surface area contributed by atoms with E-state index in [1.807, 2.05) is 0 Å². The van der Waals surface area contributed by atoms with Gasteiger partial charge in [-0.3, -0.25) is 14.6 Å². The number of pyridine rings is 1. The van der Waals surface area contributed by atoms with Crippen LogP contribution in [0.2, 0.25) is 0 Å². The van der Waals surface area contributed by atoms with Crippen molar-refractivity contribution in [2.24, 2.45) is 5.92 Å². The number of hydrogen-bond donors (Lipinski definition) is 2. The van der Waals surface area contributed by atoms with Crippen LogP contribution < -0.4 is 10.6 Å². The number of nitrogens with one attached hydrogen (secondary N) is 2. The van der Waals surface area contributed by atoms with E-state index in [1.54, 1.807) is 31.5 Å². The summed E-state index contributed by atoms with van der Waals surface area (Å²) in [5.41, 5.74) is 0.885. The van der Waals surface area contributed by atoms with Crippen LogP contribution in [0.3, 0.4) is 0 Å². The van der Waals surface area contributed by atoms with Crippen molar-refractivity contribution in [1.29, 1.82) is 0 Å². The average Bonchev–Trinajstić information content (AvgIpc) is 2.78. The van der Waals surface area contributed by atoms with Crippen LogP contribution >= 0.6 is 0 Å². The summed E-state index contributed by atoms with van der Waals surface area (Å²) in [6.07, 6.45) is 4.29. The molecule has 1 saturated heterocycles. The second-order valence-electron chi connectivity index (χ2n) is 7.46. The number of piperidine rings is 1. The molecule has 0 bridgehead atoms. The third-order valence-corrected chi connectivity index (χ3v) is 7.05. The number of aromatic nitrogens is 1. The first-order valence-corrected chi connectivity index (χ1v) is 11.4. The summed E-state index contributed by atoms with van der Waals surface area (Å²) in [5, 5.41) is 5.42. The molecule has 0 saturated carbocycles. The van der Waals surface area contributed by atoms with Gasteiger partial charge in [0.1, 0.15) is 11.9 Å². The average molecular weight is 449 g/mol. The van der Waals surface area contributed by atoms with Gasteiger partial charge in [0, 0.05) is 32.0 Å². The van der Waals surface area contributed by atoms with Crippen LogP contribution in [0.5, 0.6) is 0 Å². The Morgan fingerprint density at radius 2 is 1.87 bits per heavy atom. The number of carbonyl (C=O) groups excluding carboxylic acids is 2. The van der Waals surface area contributed by atoms with Crippen LogP contribution in [0.4, 0.5) is 4.39 Å². The van der Waals surface area contributed by atoms with Gasteiger partial charge < -0.3 is 10.6 Å². The van der Waals surface area contributed by atoms with Gasteiger partial charge in [-0.05, 0) is 61.7 Å². The summed E-state index contributed by atoms with van der Waals surface area (Å²) in [5.74, 6) is -1.80. The molecule has 1 fully saturated rings. The minimum absolute atomic E-state index is 0.0108. The summed E-state index contributed by atoms with van der Waals surface area (Å²) in [6, 6.07) is 7.40. The normalized spacial score (nSPS) is 18.2. The third-order valence-electron chi connectivity index (χ3n) is 5.17. The van der Waals surface area contributed by atoms with Crippen molar-refractivity contribution < 1.29 is 22.4 Å². The number of halogens is 1. The molecular formula is C21H25FN4O4S. The molecule has 2 atom stereocenters. The minimum atomic E-state index is -3.83.